The first-order chi connectivity index (χ1) is 15.8. The summed E-state index contributed by atoms with van der Waals surface area (Å²) in [5.41, 5.74) is 10.5. The smallest absolute Gasteiger partial charge is 0.164 e. The van der Waals surface area contributed by atoms with E-state index < -0.39 is 0 Å². The fourth-order valence-corrected chi connectivity index (χ4v) is 4.67. The summed E-state index contributed by atoms with van der Waals surface area (Å²) in [6, 6.07) is 5.39. The summed E-state index contributed by atoms with van der Waals surface area (Å²) in [5, 5.41) is 8.75. The average molecular weight is 448 g/mol. The second-order valence-corrected chi connectivity index (χ2v) is 9.98. The van der Waals surface area contributed by atoms with E-state index in [9.17, 15) is 0 Å². The number of aromatic nitrogens is 4. The molecule has 3 heterocycles. The second kappa shape index (κ2) is 8.24. The fourth-order valence-electron chi connectivity index (χ4n) is 4.67. The van der Waals surface area contributed by atoms with Crippen LogP contribution in [0.5, 0.6) is 0 Å². The van der Waals surface area contributed by atoms with Crippen molar-refractivity contribution in [3.8, 4) is 11.3 Å². The Morgan fingerprint density at radius 1 is 1.12 bits per heavy atom. The summed E-state index contributed by atoms with van der Waals surface area (Å²) >= 11 is 0. The lowest BCUT2D eigenvalue weighted by atomic mass is 9.90. The number of rotatable bonds is 4. The van der Waals surface area contributed by atoms with E-state index in [0.29, 0.717) is 34.7 Å². The highest BCUT2D eigenvalue weighted by molar-refractivity contribution is 6.02. The lowest BCUT2D eigenvalue weighted by molar-refractivity contribution is 0.336. The Morgan fingerprint density at radius 3 is 2.61 bits per heavy atom. The summed E-state index contributed by atoms with van der Waals surface area (Å²) in [7, 11) is 0. The lowest BCUT2D eigenvalue weighted by Crippen LogP contribution is -2.16. The van der Waals surface area contributed by atoms with Gasteiger partial charge in [-0.2, -0.15) is 5.10 Å². The van der Waals surface area contributed by atoms with Crippen LogP contribution < -0.4 is 11.1 Å². The minimum atomic E-state index is -0.353. The molecular formula is C25H30FN7. The number of nitrogen functional groups attached to an aromatic ring is 1. The minimum Gasteiger partial charge on any atom is -0.383 e. The number of halogens is 1. The first-order valence-corrected chi connectivity index (χ1v) is 11.6. The van der Waals surface area contributed by atoms with Crippen LogP contribution >= 0.6 is 0 Å². The Hall–Kier alpha value is -3.29. The van der Waals surface area contributed by atoms with Gasteiger partial charge in [0.1, 0.15) is 23.7 Å². The van der Waals surface area contributed by atoms with Gasteiger partial charge < -0.3 is 11.1 Å². The third-order valence-corrected chi connectivity index (χ3v) is 6.48. The third-order valence-electron chi connectivity index (χ3n) is 6.48. The number of fused-ring (bicyclic) bond motifs is 1. The normalized spacial score (nSPS) is 17.3. The third kappa shape index (κ3) is 4.10. The molecule has 0 amide bonds. The van der Waals surface area contributed by atoms with Crippen molar-refractivity contribution < 1.29 is 4.39 Å². The van der Waals surface area contributed by atoms with Gasteiger partial charge in [0.2, 0.25) is 0 Å². The highest BCUT2D eigenvalue weighted by atomic mass is 19.1. The minimum absolute atomic E-state index is 0.0357. The Kier molecular flexibility index (Phi) is 5.38. The number of nitrogens with zero attached hydrogens (tertiary/aromatic N) is 5. The van der Waals surface area contributed by atoms with Crippen LogP contribution in [0.1, 0.15) is 58.9 Å². The number of benzene rings is 1. The van der Waals surface area contributed by atoms with Crippen LogP contribution in [0.4, 0.5) is 15.9 Å². The number of nitrogens with two attached hydrogens (primary N) is 1. The van der Waals surface area contributed by atoms with Crippen LogP contribution in [0.2, 0.25) is 0 Å². The molecule has 172 valence electrons. The lowest BCUT2D eigenvalue weighted by Gasteiger charge is -2.22. The van der Waals surface area contributed by atoms with E-state index in [1.54, 1.807) is 6.07 Å². The van der Waals surface area contributed by atoms with Crippen molar-refractivity contribution in [1.29, 1.82) is 0 Å². The van der Waals surface area contributed by atoms with Gasteiger partial charge in [-0.3, -0.25) is 4.99 Å². The van der Waals surface area contributed by atoms with Gasteiger partial charge in [-0.15, -0.1) is 0 Å². The molecule has 1 aromatic carbocycles. The maximum absolute atomic E-state index is 15.2. The number of anilines is 2. The Bertz CT molecular complexity index is 1260. The molecule has 0 spiro atoms. The van der Waals surface area contributed by atoms with Gasteiger partial charge in [0, 0.05) is 22.4 Å². The van der Waals surface area contributed by atoms with Crippen molar-refractivity contribution in [3.05, 3.63) is 42.1 Å². The molecule has 5 rings (SSSR count). The van der Waals surface area contributed by atoms with E-state index in [1.807, 2.05) is 16.8 Å². The zero-order valence-electron chi connectivity index (χ0n) is 19.4. The van der Waals surface area contributed by atoms with Gasteiger partial charge in [-0.25, -0.2) is 19.0 Å². The quantitative estimate of drug-likeness (QED) is 0.549. The average Bonchev–Trinajstić information content (AvgIpc) is 3.42. The van der Waals surface area contributed by atoms with Crippen LogP contribution in [0.3, 0.4) is 0 Å². The van der Waals surface area contributed by atoms with Crippen LogP contribution in [-0.2, 0) is 0 Å². The van der Waals surface area contributed by atoms with Crippen LogP contribution in [0, 0.1) is 11.2 Å². The van der Waals surface area contributed by atoms with Crippen molar-refractivity contribution in [1.82, 2.24) is 19.7 Å². The first kappa shape index (κ1) is 21.6. The highest BCUT2D eigenvalue weighted by Crippen LogP contribution is 2.36. The first-order valence-electron chi connectivity index (χ1n) is 11.6. The molecule has 1 fully saturated rings. The largest absolute Gasteiger partial charge is 0.383 e. The number of nitrogens with one attached hydrogen (secondary N) is 1. The van der Waals surface area contributed by atoms with Gasteiger partial charge in [0.25, 0.3) is 0 Å². The Morgan fingerprint density at radius 2 is 1.91 bits per heavy atom. The molecular weight excluding hydrogens is 417 g/mol. The Labute approximate surface area is 193 Å². The zero-order valence-corrected chi connectivity index (χ0v) is 19.4. The van der Waals surface area contributed by atoms with Crippen molar-refractivity contribution in [2.24, 2.45) is 10.4 Å². The predicted octanol–water partition coefficient (Wildman–Crippen LogP) is 5.52. The summed E-state index contributed by atoms with van der Waals surface area (Å²) in [6.45, 7) is 6.88. The molecule has 2 aliphatic rings. The van der Waals surface area contributed by atoms with Gasteiger partial charge in [-0.05, 0) is 31.1 Å². The molecule has 8 heteroatoms. The van der Waals surface area contributed by atoms with Gasteiger partial charge in [0.15, 0.2) is 5.65 Å². The van der Waals surface area contributed by atoms with Crippen molar-refractivity contribution in [2.45, 2.75) is 58.9 Å². The monoisotopic (exact) mass is 447 g/mol. The Balaban J connectivity index is 1.48. The van der Waals surface area contributed by atoms with Crippen LogP contribution in [0.15, 0.2) is 41.3 Å². The molecule has 1 saturated carbocycles. The molecule has 0 atom stereocenters. The number of allylic oxidation sites excluding steroid dienone is 1. The summed E-state index contributed by atoms with van der Waals surface area (Å²) < 4.78 is 17.1. The number of hydrogen-bond acceptors (Lipinski definition) is 6. The fraction of sp³-hybridized carbons (Fsp3) is 0.440. The molecule has 33 heavy (non-hydrogen) atoms. The van der Waals surface area contributed by atoms with Gasteiger partial charge in [0.05, 0.1) is 23.7 Å². The summed E-state index contributed by atoms with van der Waals surface area (Å²) in [6.07, 6.45) is 9.19. The maximum Gasteiger partial charge on any atom is 0.164 e. The molecule has 0 bridgehead atoms. The van der Waals surface area contributed by atoms with E-state index in [2.05, 4.69) is 41.0 Å². The zero-order chi connectivity index (χ0) is 23.2. The topological polar surface area (TPSA) is 94.0 Å². The molecule has 7 nitrogen and oxygen atoms in total. The van der Waals surface area contributed by atoms with Crippen LogP contribution in [-0.4, -0.2) is 32.0 Å². The van der Waals surface area contributed by atoms with E-state index in [-0.39, 0.29) is 17.3 Å². The van der Waals surface area contributed by atoms with Gasteiger partial charge >= 0.3 is 0 Å². The van der Waals surface area contributed by atoms with Gasteiger partial charge in [-0.1, -0.05) is 46.1 Å². The molecule has 1 aliphatic heterocycles. The molecule has 3 aromatic rings. The molecule has 0 saturated heterocycles. The van der Waals surface area contributed by atoms with Crippen molar-refractivity contribution in [3.63, 3.8) is 0 Å². The SMILES string of the molecule is CC(C)(C)C1=NCC(Nc2ccc(-c3nn(C4CCCCC4)c4ncnc(N)c34)cc2F)=C1. The van der Waals surface area contributed by atoms with E-state index >= 15 is 4.39 Å². The molecule has 0 radical (unpaired) electrons. The summed E-state index contributed by atoms with van der Waals surface area (Å²) in [4.78, 5) is 13.2. The summed E-state index contributed by atoms with van der Waals surface area (Å²) in [5.74, 6) is 0.0102. The highest BCUT2D eigenvalue weighted by Gasteiger charge is 2.25. The molecule has 1 aliphatic carbocycles. The molecule has 2 aromatic heterocycles. The molecule has 3 N–H and O–H groups in total. The standard InChI is InChI=1S/C25H30FN7/c1-25(2,3)20-12-16(13-28-20)31-19-10-9-15(11-18(19)26)22-21-23(27)29-14-30-24(21)33(32-22)17-7-5-4-6-8-17/h9-12,14,17,31H,4-8,13H2,1-3H3,(H2,27,29,30). The van der Waals surface area contributed by atoms with Crippen molar-refractivity contribution in [2.75, 3.05) is 17.6 Å². The van der Waals surface area contributed by atoms with Crippen LogP contribution in [0.25, 0.3) is 22.3 Å². The predicted molar refractivity (Wildman–Crippen MR) is 131 cm³/mol. The van der Waals surface area contributed by atoms with E-state index in [1.165, 1.54) is 31.7 Å². The van der Waals surface area contributed by atoms with Crippen molar-refractivity contribution >= 4 is 28.3 Å². The van der Waals surface area contributed by atoms with E-state index in [0.717, 1.165) is 29.9 Å². The maximum atomic E-state index is 15.2. The number of hydrogen-bond donors (Lipinski definition) is 2. The van der Waals surface area contributed by atoms with E-state index in [4.69, 9.17) is 10.8 Å². The number of aliphatic imine (C=N–C) groups is 1. The second-order valence-electron chi connectivity index (χ2n) is 9.98. The molecule has 0 unspecified atom stereocenters.